The van der Waals surface area contributed by atoms with Gasteiger partial charge < -0.3 is 5.32 Å². The predicted octanol–water partition coefficient (Wildman–Crippen LogP) is 3.99. The molecule has 1 saturated heterocycles. The van der Waals surface area contributed by atoms with E-state index in [2.05, 4.69) is 35.5 Å². The van der Waals surface area contributed by atoms with E-state index in [0.29, 0.717) is 11.5 Å². The molecule has 0 aliphatic carbocycles. The lowest BCUT2D eigenvalue weighted by molar-refractivity contribution is 0.102. The first-order chi connectivity index (χ1) is 13.6. The second-order valence-corrected chi connectivity index (χ2v) is 8.70. The minimum atomic E-state index is -0.247. The minimum absolute atomic E-state index is 0.130. The van der Waals surface area contributed by atoms with Crippen LogP contribution < -0.4 is 5.32 Å². The lowest BCUT2D eigenvalue weighted by Gasteiger charge is -2.34. The molecule has 0 radical (unpaired) electrons. The predicted molar refractivity (Wildman–Crippen MR) is 111 cm³/mol. The monoisotopic (exact) mass is 414 g/mol. The number of likely N-dealkylation sites (tertiary alicyclic amines) is 1. The topological polar surface area (TPSA) is 83.9 Å². The third kappa shape index (κ3) is 4.43. The smallest absolute Gasteiger partial charge is 0.276 e. The van der Waals surface area contributed by atoms with Crippen molar-refractivity contribution in [2.24, 2.45) is 0 Å². The number of carbonyl (C=O) groups is 1. The number of aryl methyl sites for hydroxylation is 2. The highest BCUT2D eigenvalue weighted by molar-refractivity contribution is 7.09. The van der Waals surface area contributed by atoms with Gasteiger partial charge in [-0.25, -0.2) is 19.9 Å². The summed E-state index contributed by atoms with van der Waals surface area (Å²) in [5, 5.41) is 7.79. The maximum absolute atomic E-state index is 12.3. The number of hydrogen-bond acceptors (Lipinski definition) is 8. The van der Waals surface area contributed by atoms with Crippen LogP contribution >= 0.6 is 22.7 Å². The van der Waals surface area contributed by atoms with Crippen LogP contribution in [-0.4, -0.2) is 37.3 Å². The molecule has 4 heterocycles. The molecule has 1 atom stereocenters. The number of hydrogen-bond donors (Lipinski definition) is 1. The Labute approximate surface area is 171 Å². The van der Waals surface area contributed by atoms with Gasteiger partial charge in [-0.05, 0) is 33.2 Å². The molecule has 4 rings (SSSR count). The molecule has 9 heteroatoms. The molecule has 1 aliphatic rings. The summed E-state index contributed by atoms with van der Waals surface area (Å²) in [4.78, 5) is 32.8. The summed E-state index contributed by atoms with van der Waals surface area (Å²) in [6.07, 6.45) is 3.32. The maximum Gasteiger partial charge on any atom is 0.276 e. The normalized spacial score (nSPS) is 17.6. The van der Waals surface area contributed by atoms with E-state index in [-0.39, 0.29) is 11.9 Å². The summed E-state index contributed by atoms with van der Waals surface area (Å²) in [5.74, 6) is 1.04. The summed E-state index contributed by atoms with van der Waals surface area (Å²) in [6.45, 7) is 5.76. The fourth-order valence-corrected chi connectivity index (χ4v) is 4.61. The number of nitrogens with zero attached hydrogens (tertiary/aromatic N) is 5. The molecular weight excluding hydrogens is 392 g/mol. The Bertz CT molecular complexity index is 955. The SMILES string of the molecule is Cc1cc(NC(=O)c2cscn2)nc(C2CCCCN2Cc2csc(C)n2)n1. The van der Waals surface area contributed by atoms with Gasteiger partial charge in [-0.3, -0.25) is 9.69 Å². The van der Waals surface area contributed by atoms with Gasteiger partial charge in [0.15, 0.2) is 0 Å². The highest BCUT2D eigenvalue weighted by atomic mass is 32.1. The lowest BCUT2D eigenvalue weighted by Crippen LogP contribution is -2.34. The highest BCUT2D eigenvalue weighted by Gasteiger charge is 2.27. The van der Waals surface area contributed by atoms with Gasteiger partial charge in [-0.15, -0.1) is 22.7 Å². The van der Waals surface area contributed by atoms with Crippen LogP contribution in [0.5, 0.6) is 0 Å². The molecule has 7 nitrogen and oxygen atoms in total. The van der Waals surface area contributed by atoms with E-state index in [1.165, 1.54) is 17.8 Å². The van der Waals surface area contributed by atoms with Crippen molar-refractivity contribution in [3.63, 3.8) is 0 Å². The standard InChI is InChI=1S/C19H22N6OS2/c1-12-7-17(24-19(26)15-10-27-11-20-15)23-18(21-12)16-5-3-4-6-25(16)8-14-9-28-13(2)22-14/h7,9-11,16H,3-6,8H2,1-2H3,(H,21,23,24,26). The Balaban J connectivity index is 1.55. The van der Waals surface area contributed by atoms with Gasteiger partial charge in [-0.2, -0.15) is 0 Å². The van der Waals surface area contributed by atoms with E-state index in [0.717, 1.165) is 48.2 Å². The van der Waals surface area contributed by atoms with Crippen LogP contribution in [0.15, 0.2) is 22.3 Å². The van der Waals surface area contributed by atoms with E-state index >= 15 is 0 Å². The van der Waals surface area contributed by atoms with Crippen LogP contribution in [0.3, 0.4) is 0 Å². The van der Waals surface area contributed by atoms with Crippen LogP contribution in [0.2, 0.25) is 0 Å². The molecule has 0 bridgehead atoms. The molecule has 0 saturated carbocycles. The van der Waals surface area contributed by atoms with Crippen molar-refractivity contribution < 1.29 is 4.79 Å². The van der Waals surface area contributed by atoms with Gasteiger partial charge in [0.1, 0.15) is 17.3 Å². The first kappa shape index (κ1) is 19.1. The number of nitrogens with one attached hydrogen (secondary N) is 1. The summed E-state index contributed by atoms with van der Waals surface area (Å²) >= 11 is 3.07. The van der Waals surface area contributed by atoms with Crippen LogP contribution in [0.4, 0.5) is 5.82 Å². The number of anilines is 1. The number of amides is 1. The van der Waals surface area contributed by atoms with E-state index < -0.39 is 0 Å². The molecule has 0 spiro atoms. The van der Waals surface area contributed by atoms with Crippen molar-refractivity contribution >= 4 is 34.4 Å². The van der Waals surface area contributed by atoms with Gasteiger partial charge in [0.25, 0.3) is 5.91 Å². The number of piperidine rings is 1. The summed E-state index contributed by atoms with van der Waals surface area (Å²) in [5.41, 5.74) is 3.99. The third-order valence-electron chi connectivity index (χ3n) is 4.72. The van der Waals surface area contributed by atoms with Crippen LogP contribution in [-0.2, 0) is 6.54 Å². The molecule has 0 aromatic carbocycles. The zero-order chi connectivity index (χ0) is 19.5. The number of carbonyl (C=O) groups excluding carboxylic acids is 1. The van der Waals surface area contributed by atoms with Crippen molar-refractivity contribution in [1.29, 1.82) is 0 Å². The molecule has 1 unspecified atom stereocenters. The fourth-order valence-electron chi connectivity index (χ4n) is 3.47. The molecule has 1 fully saturated rings. The van der Waals surface area contributed by atoms with Gasteiger partial charge in [-0.1, -0.05) is 6.42 Å². The first-order valence-corrected chi connectivity index (χ1v) is 11.1. The minimum Gasteiger partial charge on any atom is -0.305 e. The molecule has 1 aliphatic heterocycles. The van der Waals surface area contributed by atoms with E-state index in [4.69, 9.17) is 0 Å². The highest BCUT2D eigenvalue weighted by Crippen LogP contribution is 2.31. The number of thiazole rings is 2. The van der Waals surface area contributed by atoms with E-state index in [1.54, 1.807) is 28.3 Å². The average Bonchev–Trinajstić information content (AvgIpc) is 3.34. The van der Waals surface area contributed by atoms with Crippen molar-refractivity contribution in [3.8, 4) is 0 Å². The zero-order valence-electron chi connectivity index (χ0n) is 15.9. The molecule has 28 heavy (non-hydrogen) atoms. The van der Waals surface area contributed by atoms with Gasteiger partial charge in [0, 0.05) is 29.1 Å². The van der Waals surface area contributed by atoms with Crippen molar-refractivity contribution in [2.45, 2.75) is 45.7 Å². The molecular formula is C19H22N6OS2. The Morgan fingerprint density at radius 1 is 1.25 bits per heavy atom. The second kappa shape index (κ2) is 8.42. The molecule has 3 aromatic rings. The van der Waals surface area contributed by atoms with Crippen molar-refractivity contribution in [2.75, 3.05) is 11.9 Å². The largest absolute Gasteiger partial charge is 0.305 e. The van der Waals surface area contributed by atoms with E-state index in [1.807, 2.05) is 13.8 Å². The lowest BCUT2D eigenvalue weighted by atomic mass is 10.0. The summed E-state index contributed by atoms with van der Waals surface area (Å²) in [6, 6.07) is 1.93. The van der Waals surface area contributed by atoms with Gasteiger partial charge in [0.05, 0.1) is 22.3 Å². The van der Waals surface area contributed by atoms with Crippen LogP contribution in [0.1, 0.15) is 58.0 Å². The van der Waals surface area contributed by atoms with Crippen LogP contribution in [0.25, 0.3) is 0 Å². The number of rotatable bonds is 5. The van der Waals surface area contributed by atoms with Crippen molar-refractivity contribution in [3.05, 3.63) is 50.3 Å². The Hall–Kier alpha value is -2.23. The maximum atomic E-state index is 12.3. The summed E-state index contributed by atoms with van der Waals surface area (Å²) < 4.78 is 0. The average molecular weight is 415 g/mol. The van der Waals surface area contributed by atoms with Crippen molar-refractivity contribution in [1.82, 2.24) is 24.8 Å². The second-order valence-electron chi connectivity index (χ2n) is 6.92. The third-order valence-corrected chi connectivity index (χ3v) is 6.13. The quantitative estimate of drug-likeness (QED) is 0.680. The van der Waals surface area contributed by atoms with Crippen LogP contribution in [0, 0.1) is 13.8 Å². The molecule has 3 aromatic heterocycles. The van der Waals surface area contributed by atoms with Gasteiger partial charge in [0.2, 0.25) is 0 Å². The summed E-state index contributed by atoms with van der Waals surface area (Å²) in [7, 11) is 0. The molecule has 1 N–H and O–H groups in total. The zero-order valence-corrected chi connectivity index (χ0v) is 17.5. The van der Waals surface area contributed by atoms with E-state index in [9.17, 15) is 4.79 Å². The Morgan fingerprint density at radius 3 is 2.89 bits per heavy atom. The Morgan fingerprint density at radius 2 is 2.14 bits per heavy atom. The molecule has 146 valence electrons. The molecule has 1 amide bonds. The number of aromatic nitrogens is 4. The first-order valence-electron chi connectivity index (χ1n) is 9.28. The fraction of sp³-hybridized carbons (Fsp3) is 0.421. The Kier molecular flexibility index (Phi) is 5.74. The van der Waals surface area contributed by atoms with Gasteiger partial charge >= 0.3 is 0 Å².